The Kier molecular flexibility index (Phi) is 4.17. The summed E-state index contributed by atoms with van der Waals surface area (Å²) < 4.78 is 5.58. The number of hydrogen-bond acceptors (Lipinski definition) is 5. The summed E-state index contributed by atoms with van der Waals surface area (Å²) in [6, 6.07) is 6.57. The summed E-state index contributed by atoms with van der Waals surface area (Å²) in [6.45, 7) is 8.00. The van der Waals surface area contributed by atoms with Gasteiger partial charge in [0.25, 0.3) is 0 Å². The molecule has 0 spiro atoms. The Labute approximate surface area is 119 Å². The van der Waals surface area contributed by atoms with Gasteiger partial charge in [0, 0.05) is 12.6 Å². The molecule has 20 heavy (non-hydrogen) atoms. The van der Waals surface area contributed by atoms with Gasteiger partial charge in [-0.25, -0.2) is 0 Å². The minimum absolute atomic E-state index is 0.0224. The van der Waals surface area contributed by atoms with Gasteiger partial charge in [0.2, 0.25) is 5.95 Å². The molecule has 0 aliphatic carbocycles. The van der Waals surface area contributed by atoms with Crippen LogP contribution in [0.3, 0.4) is 0 Å². The molecule has 0 unspecified atom stereocenters. The number of hydrogen-bond donors (Lipinski definition) is 1. The second kappa shape index (κ2) is 5.86. The highest BCUT2D eigenvalue weighted by Gasteiger charge is 2.10. The first-order valence-electron chi connectivity index (χ1n) is 6.67. The van der Waals surface area contributed by atoms with E-state index in [1.54, 1.807) is 7.05 Å². The first-order chi connectivity index (χ1) is 9.47. The Hall–Kier alpha value is -2.17. The molecule has 2 rings (SSSR count). The molecule has 0 bridgehead atoms. The highest BCUT2D eigenvalue weighted by Crippen LogP contribution is 2.21. The third-order valence-corrected chi connectivity index (χ3v) is 2.66. The number of nitrogens with one attached hydrogen (secondary N) is 1. The highest BCUT2D eigenvalue weighted by atomic mass is 16.5. The van der Waals surface area contributed by atoms with Crippen LogP contribution in [0.25, 0.3) is 11.4 Å². The molecule has 0 aliphatic rings. The molecule has 1 aromatic heterocycles. The number of nitrogens with zero attached hydrogens (tertiary/aromatic N) is 3. The number of benzene rings is 1. The SMILES string of the molecule is CNc1nc(OC(C)C)nc(-c2cc(C)cc(C)c2)n1. The van der Waals surface area contributed by atoms with Crippen molar-refractivity contribution in [3.8, 4) is 17.4 Å². The van der Waals surface area contributed by atoms with E-state index in [4.69, 9.17) is 4.74 Å². The van der Waals surface area contributed by atoms with Crippen molar-refractivity contribution < 1.29 is 4.74 Å². The Morgan fingerprint density at radius 3 is 2.20 bits per heavy atom. The zero-order chi connectivity index (χ0) is 14.7. The van der Waals surface area contributed by atoms with Gasteiger partial charge >= 0.3 is 6.01 Å². The normalized spacial score (nSPS) is 10.7. The summed E-state index contributed by atoms with van der Waals surface area (Å²) in [5, 5.41) is 2.94. The summed E-state index contributed by atoms with van der Waals surface area (Å²) in [5.41, 5.74) is 3.32. The van der Waals surface area contributed by atoms with E-state index in [-0.39, 0.29) is 6.10 Å². The smallest absolute Gasteiger partial charge is 0.322 e. The van der Waals surface area contributed by atoms with Crippen LogP contribution in [-0.2, 0) is 0 Å². The molecule has 5 heteroatoms. The third kappa shape index (κ3) is 3.44. The summed E-state index contributed by atoms with van der Waals surface area (Å²) in [4.78, 5) is 13.0. The maximum atomic E-state index is 5.58. The van der Waals surface area contributed by atoms with Crippen molar-refractivity contribution in [2.75, 3.05) is 12.4 Å². The largest absolute Gasteiger partial charge is 0.461 e. The lowest BCUT2D eigenvalue weighted by Gasteiger charge is -2.11. The number of aromatic nitrogens is 3. The van der Waals surface area contributed by atoms with Gasteiger partial charge in [-0.05, 0) is 39.8 Å². The second-order valence-corrected chi connectivity index (χ2v) is 5.06. The van der Waals surface area contributed by atoms with Crippen LogP contribution in [0.1, 0.15) is 25.0 Å². The topological polar surface area (TPSA) is 59.9 Å². The maximum absolute atomic E-state index is 5.58. The lowest BCUT2D eigenvalue weighted by atomic mass is 10.1. The molecule has 1 heterocycles. The van der Waals surface area contributed by atoms with Crippen molar-refractivity contribution in [2.24, 2.45) is 0 Å². The van der Waals surface area contributed by atoms with Crippen LogP contribution in [0.2, 0.25) is 0 Å². The monoisotopic (exact) mass is 272 g/mol. The van der Waals surface area contributed by atoms with Crippen LogP contribution in [0, 0.1) is 13.8 Å². The van der Waals surface area contributed by atoms with Crippen molar-refractivity contribution in [1.82, 2.24) is 15.0 Å². The molecular formula is C15H20N4O. The van der Waals surface area contributed by atoms with E-state index in [0.29, 0.717) is 17.8 Å². The van der Waals surface area contributed by atoms with Gasteiger partial charge in [-0.3, -0.25) is 0 Å². The zero-order valence-electron chi connectivity index (χ0n) is 12.6. The van der Waals surface area contributed by atoms with E-state index in [1.165, 1.54) is 11.1 Å². The van der Waals surface area contributed by atoms with E-state index in [1.807, 2.05) is 13.8 Å². The quantitative estimate of drug-likeness (QED) is 0.927. The minimum atomic E-state index is 0.0224. The predicted molar refractivity (Wildman–Crippen MR) is 80.0 cm³/mol. The second-order valence-electron chi connectivity index (χ2n) is 5.06. The van der Waals surface area contributed by atoms with Crippen LogP contribution in [0.5, 0.6) is 6.01 Å². The number of ether oxygens (including phenoxy) is 1. The Bertz CT molecular complexity index is 591. The molecule has 106 valence electrons. The maximum Gasteiger partial charge on any atom is 0.322 e. The summed E-state index contributed by atoms with van der Waals surface area (Å²) in [6.07, 6.45) is 0.0224. The standard InChI is InChI=1S/C15H20N4O/c1-9(2)20-15-18-13(17-14(16-5)19-15)12-7-10(3)6-11(4)8-12/h6-9H,1-5H3,(H,16,17,18,19). The number of anilines is 1. The lowest BCUT2D eigenvalue weighted by molar-refractivity contribution is 0.222. The molecule has 0 saturated heterocycles. The zero-order valence-corrected chi connectivity index (χ0v) is 12.6. The van der Waals surface area contributed by atoms with Crippen LogP contribution < -0.4 is 10.1 Å². The predicted octanol–water partition coefficient (Wildman–Crippen LogP) is 2.98. The fraction of sp³-hybridized carbons (Fsp3) is 0.400. The molecule has 5 nitrogen and oxygen atoms in total. The molecule has 0 atom stereocenters. The molecular weight excluding hydrogens is 252 g/mol. The Morgan fingerprint density at radius 2 is 1.65 bits per heavy atom. The summed E-state index contributed by atoms with van der Waals surface area (Å²) >= 11 is 0. The van der Waals surface area contributed by atoms with E-state index < -0.39 is 0 Å². The molecule has 0 fully saturated rings. The molecule has 0 amide bonds. The van der Waals surface area contributed by atoms with Gasteiger partial charge in [-0.15, -0.1) is 0 Å². The van der Waals surface area contributed by atoms with Crippen LogP contribution >= 0.6 is 0 Å². The minimum Gasteiger partial charge on any atom is -0.461 e. The fourth-order valence-electron chi connectivity index (χ4n) is 1.96. The van der Waals surface area contributed by atoms with E-state index in [2.05, 4.69) is 52.3 Å². The third-order valence-electron chi connectivity index (χ3n) is 2.66. The molecule has 0 aliphatic heterocycles. The van der Waals surface area contributed by atoms with Gasteiger partial charge in [0.05, 0.1) is 6.10 Å². The average Bonchev–Trinajstić information content (AvgIpc) is 2.36. The first kappa shape index (κ1) is 14.2. The van der Waals surface area contributed by atoms with E-state index in [0.717, 1.165) is 5.56 Å². The van der Waals surface area contributed by atoms with Crippen LogP contribution in [-0.4, -0.2) is 28.1 Å². The first-order valence-corrected chi connectivity index (χ1v) is 6.67. The Morgan fingerprint density at radius 1 is 1.00 bits per heavy atom. The van der Waals surface area contributed by atoms with E-state index in [9.17, 15) is 0 Å². The highest BCUT2D eigenvalue weighted by molar-refractivity contribution is 5.59. The average molecular weight is 272 g/mol. The lowest BCUT2D eigenvalue weighted by Crippen LogP contribution is -2.11. The summed E-state index contributed by atoms with van der Waals surface area (Å²) in [5.74, 6) is 1.12. The van der Waals surface area contributed by atoms with Gasteiger partial charge in [0.1, 0.15) is 0 Å². The van der Waals surface area contributed by atoms with Gasteiger partial charge < -0.3 is 10.1 Å². The van der Waals surface area contributed by atoms with Crippen molar-refractivity contribution in [1.29, 1.82) is 0 Å². The van der Waals surface area contributed by atoms with Crippen molar-refractivity contribution in [2.45, 2.75) is 33.8 Å². The molecule has 0 saturated carbocycles. The van der Waals surface area contributed by atoms with Crippen molar-refractivity contribution >= 4 is 5.95 Å². The molecule has 2 aromatic rings. The fourth-order valence-corrected chi connectivity index (χ4v) is 1.96. The Balaban J connectivity index is 2.49. The molecule has 1 N–H and O–H groups in total. The summed E-state index contributed by atoms with van der Waals surface area (Å²) in [7, 11) is 1.78. The van der Waals surface area contributed by atoms with E-state index >= 15 is 0 Å². The van der Waals surface area contributed by atoms with Gasteiger partial charge in [0.15, 0.2) is 5.82 Å². The number of aryl methyl sites for hydroxylation is 2. The van der Waals surface area contributed by atoms with Gasteiger partial charge in [-0.1, -0.05) is 17.2 Å². The van der Waals surface area contributed by atoms with Crippen LogP contribution in [0.4, 0.5) is 5.95 Å². The number of rotatable bonds is 4. The van der Waals surface area contributed by atoms with Crippen LogP contribution in [0.15, 0.2) is 18.2 Å². The van der Waals surface area contributed by atoms with Crippen molar-refractivity contribution in [3.63, 3.8) is 0 Å². The van der Waals surface area contributed by atoms with Crippen molar-refractivity contribution in [3.05, 3.63) is 29.3 Å². The molecule has 1 aromatic carbocycles. The van der Waals surface area contributed by atoms with Gasteiger partial charge in [-0.2, -0.15) is 15.0 Å². The molecule has 0 radical (unpaired) electrons.